The monoisotopic (exact) mass is 407 g/mol. The van der Waals surface area contributed by atoms with Gasteiger partial charge in [-0.25, -0.2) is 0 Å². The average molecular weight is 408 g/mol. The second-order valence-electron chi connectivity index (χ2n) is 9.23. The Labute approximate surface area is 174 Å². The molecule has 0 aromatic rings. The van der Waals surface area contributed by atoms with Crippen LogP contribution in [-0.2, 0) is 19.1 Å². The third-order valence-corrected chi connectivity index (χ3v) is 6.53. The summed E-state index contributed by atoms with van der Waals surface area (Å²) in [5, 5.41) is 3.07. The summed E-state index contributed by atoms with van der Waals surface area (Å²) in [7, 11) is 0. The van der Waals surface area contributed by atoms with Crippen molar-refractivity contribution >= 4 is 17.6 Å². The number of rotatable bonds is 7. The van der Waals surface area contributed by atoms with E-state index in [1.807, 2.05) is 13.8 Å². The predicted molar refractivity (Wildman–Crippen MR) is 110 cm³/mol. The van der Waals surface area contributed by atoms with Gasteiger partial charge in [-0.2, -0.15) is 0 Å². The van der Waals surface area contributed by atoms with Gasteiger partial charge in [0.25, 0.3) is 5.91 Å². The molecule has 2 amide bonds. The van der Waals surface area contributed by atoms with E-state index in [4.69, 9.17) is 4.74 Å². The minimum Gasteiger partial charge on any atom is -0.376 e. The van der Waals surface area contributed by atoms with Crippen molar-refractivity contribution in [2.45, 2.75) is 70.9 Å². The van der Waals surface area contributed by atoms with Crippen LogP contribution in [-0.4, -0.2) is 78.9 Å². The molecule has 0 aromatic heterocycles. The van der Waals surface area contributed by atoms with Gasteiger partial charge >= 0.3 is 0 Å². The van der Waals surface area contributed by atoms with Crippen molar-refractivity contribution in [3.8, 4) is 0 Å². The second-order valence-corrected chi connectivity index (χ2v) is 9.23. The largest absolute Gasteiger partial charge is 0.376 e. The van der Waals surface area contributed by atoms with Gasteiger partial charge in [-0.15, -0.1) is 0 Å². The minimum atomic E-state index is -0.307. The summed E-state index contributed by atoms with van der Waals surface area (Å²) < 4.78 is 5.57. The summed E-state index contributed by atoms with van der Waals surface area (Å²) in [5.74, 6) is -0.0765. The van der Waals surface area contributed by atoms with Gasteiger partial charge < -0.3 is 19.9 Å². The molecule has 3 fully saturated rings. The van der Waals surface area contributed by atoms with E-state index in [9.17, 15) is 14.4 Å². The van der Waals surface area contributed by atoms with Crippen LogP contribution >= 0.6 is 0 Å². The van der Waals surface area contributed by atoms with Gasteiger partial charge in [0, 0.05) is 44.6 Å². The molecule has 0 spiro atoms. The Balaban J connectivity index is 1.35. The van der Waals surface area contributed by atoms with Gasteiger partial charge in [0.15, 0.2) is 0 Å². The molecule has 7 nitrogen and oxygen atoms in total. The number of ketones is 1. The summed E-state index contributed by atoms with van der Waals surface area (Å²) >= 11 is 0. The Bertz CT molecular complexity index is 573. The van der Waals surface area contributed by atoms with Crippen molar-refractivity contribution in [2.24, 2.45) is 11.8 Å². The lowest BCUT2D eigenvalue weighted by Gasteiger charge is -2.41. The number of likely N-dealkylation sites (tertiary alicyclic amines) is 2. The van der Waals surface area contributed by atoms with Crippen LogP contribution in [0.3, 0.4) is 0 Å². The van der Waals surface area contributed by atoms with Crippen LogP contribution in [0.2, 0.25) is 0 Å². The minimum absolute atomic E-state index is 0.1000. The summed E-state index contributed by atoms with van der Waals surface area (Å²) in [6, 6.07) is 0.454. The molecule has 3 aliphatic heterocycles. The number of hydrogen-bond donors (Lipinski definition) is 1. The molecular weight excluding hydrogens is 370 g/mol. The molecule has 0 saturated carbocycles. The summed E-state index contributed by atoms with van der Waals surface area (Å²) in [6.45, 7) is 8.57. The number of ether oxygens (including phenoxy) is 1. The fraction of sp³-hybridized carbons (Fsp3) is 0.864. The number of hydrogen-bond acceptors (Lipinski definition) is 5. The molecule has 0 radical (unpaired) electrons. The van der Waals surface area contributed by atoms with Crippen molar-refractivity contribution in [3.63, 3.8) is 0 Å². The van der Waals surface area contributed by atoms with Gasteiger partial charge in [0.05, 0.1) is 6.10 Å². The first kappa shape index (κ1) is 22.2. The maximum atomic E-state index is 12.4. The fourth-order valence-corrected chi connectivity index (χ4v) is 4.76. The molecule has 164 valence electrons. The molecule has 1 atom stereocenters. The number of amides is 2. The van der Waals surface area contributed by atoms with Gasteiger partial charge in [-0.1, -0.05) is 13.8 Å². The Hall–Kier alpha value is -1.47. The molecule has 1 N–H and O–H groups in total. The highest BCUT2D eigenvalue weighted by Gasteiger charge is 2.33. The number of nitrogens with zero attached hydrogens (tertiary/aromatic N) is 2. The van der Waals surface area contributed by atoms with Gasteiger partial charge in [-0.05, 0) is 57.5 Å². The lowest BCUT2D eigenvalue weighted by Crippen LogP contribution is -2.51. The summed E-state index contributed by atoms with van der Waals surface area (Å²) in [4.78, 5) is 41.0. The maximum Gasteiger partial charge on any atom is 0.289 e. The van der Waals surface area contributed by atoms with Crippen LogP contribution in [0.25, 0.3) is 0 Å². The zero-order chi connectivity index (χ0) is 20.8. The van der Waals surface area contributed by atoms with Crippen LogP contribution in [0.4, 0.5) is 0 Å². The van der Waals surface area contributed by atoms with Crippen LogP contribution in [0.1, 0.15) is 58.8 Å². The first-order chi connectivity index (χ1) is 13.9. The topological polar surface area (TPSA) is 79.0 Å². The third-order valence-electron chi connectivity index (χ3n) is 6.53. The number of carbonyl (C=O) groups is 3. The van der Waals surface area contributed by atoms with E-state index in [0.29, 0.717) is 32.1 Å². The lowest BCUT2D eigenvalue weighted by atomic mass is 9.92. The molecule has 3 aliphatic rings. The van der Waals surface area contributed by atoms with Crippen molar-refractivity contribution in [1.82, 2.24) is 15.1 Å². The maximum absolute atomic E-state index is 12.4. The van der Waals surface area contributed by atoms with E-state index in [1.165, 1.54) is 0 Å². The zero-order valence-corrected chi connectivity index (χ0v) is 18.0. The highest BCUT2D eigenvalue weighted by atomic mass is 16.5. The molecule has 29 heavy (non-hydrogen) atoms. The zero-order valence-electron chi connectivity index (χ0n) is 18.0. The lowest BCUT2D eigenvalue weighted by molar-refractivity contribution is -0.146. The summed E-state index contributed by atoms with van der Waals surface area (Å²) in [6.07, 6.45) is 6.28. The quantitative estimate of drug-likeness (QED) is 0.649. The van der Waals surface area contributed by atoms with Crippen LogP contribution in [0, 0.1) is 11.8 Å². The molecule has 0 aromatic carbocycles. The average Bonchev–Trinajstić information content (AvgIpc) is 3.25. The first-order valence-corrected chi connectivity index (χ1v) is 11.4. The molecular formula is C22H37N3O4. The summed E-state index contributed by atoms with van der Waals surface area (Å²) in [5.41, 5.74) is 0. The first-order valence-electron chi connectivity index (χ1n) is 11.4. The van der Waals surface area contributed by atoms with E-state index in [0.717, 1.165) is 58.2 Å². The number of piperidine rings is 2. The standard InChI is InChI=1S/C22H37N3O4/c1-16(2)14-20(26)22(28)25-11-7-18(8-12-25)24-9-5-17(6-10-24)21(27)23-15-19-4-3-13-29-19/h16-19H,3-15H2,1-2H3,(H,23,27). The van der Waals surface area contributed by atoms with E-state index >= 15 is 0 Å². The van der Waals surface area contributed by atoms with E-state index in [1.54, 1.807) is 4.90 Å². The second kappa shape index (κ2) is 10.5. The molecule has 3 saturated heterocycles. The Morgan fingerprint density at radius 3 is 2.28 bits per heavy atom. The van der Waals surface area contributed by atoms with Crippen molar-refractivity contribution < 1.29 is 19.1 Å². The highest BCUT2D eigenvalue weighted by Crippen LogP contribution is 2.24. The van der Waals surface area contributed by atoms with Gasteiger partial charge in [0.2, 0.25) is 11.7 Å². The van der Waals surface area contributed by atoms with Crippen molar-refractivity contribution in [1.29, 1.82) is 0 Å². The van der Waals surface area contributed by atoms with E-state index < -0.39 is 0 Å². The van der Waals surface area contributed by atoms with Crippen LogP contribution in [0.5, 0.6) is 0 Å². The molecule has 0 aliphatic carbocycles. The highest BCUT2D eigenvalue weighted by molar-refractivity contribution is 6.36. The van der Waals surface area contributed by atoms with Gasteiger partial charge in [-0.3, -0.25) is 14.4 Å². The molecule has 0 bridgehead atoms. The Morgan fingerprint density at radius 2 is 1.69 bits per heavy atom. The number of Topliss-reactive ketones (excluding diaryl/α,β-unsaturated/α-hetero) is 1. The third kappa shape index (κ3) is 6.25. The van der Waals surface area contributed by atoms with Crippen LogP contribution in [0.15, 0.2) is 0 Å². The normalized spacial score (nSPS) is 24.8. The van der Waals surface area contributed by atoms with E-state index in [-0.39, 0.29) is 35.5 Å². The predicted octanol–water partition coefficient (Wildman–Crippen LogP) is 1.60. The van der Waals surface area contributed by atoms with Crippen molar-refractivity contribution in [2.75, 3.05) is 39.3 Å². The Morgan fingerprint density at radius 1 is 1.00 bits per heavy atom. The molecule has 1 unspecified atom stereocenters. The molecule has 3 rings (SSSR count). The van der Waals surface area contributed by atoms with Gasteiger partial charge in [0.1, 0.15) is 0 Å². The Kier molecular flexibility index (Phi) is 8.07. The van der Waals surface area contributed by atoms with Crippen molar-refractivity contribution in [3.05, 3.63) is 0 Å². The van der Waals surface area contributed by atoms with Crippen LogP contribution < -0.4 is 5.32 Å². The number of nitrogens with one attached hydrogen (secondary N) is 1. The fourth-order valence-electron chi connectivity index (χ4n) is 4.76. The SMILES string of the molecule is CC(C)CC(=O)C(=O)N1CCC(N2CCC(C(=O)NCC3CCCO3)CC2)CC1. The molecule has 3 heterocycles. The number of carbonyl (C=O) groups excluding carboxylic acids is 3. The molecule has 7 heteroatoms. The smallest absolute Gasteiger partial charge is 0.289 e. The van der Waals surface area contributed by atoms with E-state index in [2.05, 4.69) is 10.2 Å².